The van der Waals surface area contributed by atoms with Gasteiger partial charge in [-0.1, -0.05) is 0 Å². The van der Waals surface area contributed by atoms with Gasteiger partial charge in [-0.05, 0) is 13.0 Å². The summed E-state index contributed by atoms with van der Waals surface area (Å²) in [5, 5.41) is 8.51. The average Bonchev–Trinajstić information content (AvgIpc) is 2.16. The van der Waals surface area contributed by atoms with Crippen molar-refractivity contribution in [2.75, 3.05) is 0 Å². The van der Waals surface area contributed by atoms with Crippen LogP contribution in [0.25, 0.3) is 0 Å². The predicted molar refractivity (Wildman–Crippen MR) is 30.9 cm³/mol. The molecule has 1 aliphatic rings. The van der Waals surface area contributed by atoms with Crippen LogP contribution in [0.2, 0.25) is 0 Å². The number of ether oxygens (including phenoxy) is 1. The van der Waals surface area contributed by atoms with E-state index in [4.69, 9.17) is 9.84 Å². The highest BCUT2D eigenvalue weighted by Gasteiger charge is 2.35. The molecule has 1 atom stereocenters. The SMILES string of the molecule is CC1(C(=O)O)CC=CO1. The fraction of sp³-hybridized carbons (Fsp3) is 0.500. The lowest BCUT2D eigenvalue weighted by Crippen LogP contribution is -2.33. The van der Waals surface area contributed by atoms with Crippen LogP contribution < -0.4 is 0 Å². The lowest BCUT2D eigenvalue weighted by atomic mass is 10.1. The fourth-order valence-corrected chi connectivity index (χ4v) is 0.657. The first-order valence-corrected chi connectivity index (χ1v) is 2.71. The van der Waals surface area contributed by atoms with Gasteiger partial charge in [-0.25, -0.2) is 4.79 Å². The Hall–Kier alpha value is -0.990. The largest absolute Gasteiger partial charge is 0.483 e. The van der Waals surface area contributed by atoms with Crippen LogP contribution in [0.3, 0.4) is 0 Å². The third-order valence-corrected chi connectivity index (χ3v) is 1.38. The maximum atomic E-state index is 10.4. The van der Waals surface area contributed by atoms with Crippen molar-refractivity contribution in [3.8, 4) is 0 Å². The van der Waals surface area contributed by atoms with Crippen molar-refractivity contribution in [2.24, 2.45) is 0 Å². The second-order valence-corrected chi connectivity index (χ2v) is 2.23. The summed E-state index contributed by atoms with van der Waals surface area (Å²) in [5.41, 5.74) is -1.00. The van der Waals surface area contributed by atoms with Crippen molar-refractivity contribution in [3.63, 3.8) is 0 Å². The van der Waals surface area contributed by atoms with E-state index in [1.54, 1.807) is 13.0 Å². The number of aliphatic carboxylic acids is 1. The van der Waals surface area contributed by atoms with Crippen LogP contribution >= 0.6 is 0 Å². The van der Waals surface area contributed by atoms with Gasteiger partial charge in [0.2, 0.25) is 5.60 Å². The molecule has 0 amide bonds. The Labute approximate surface area is 52.9 Å². The van der Waals surface area contributed by atoms with Crippen LogP contribution in [0, 0.1) is 0 Å². The zero-order valence-electron chi connectivity index (χ0n) is 5.13. The molecule has 0 saturated carbocycles. The maximum Gasteiger partial charge on any atom is 0.348 e. The molecule has 3 nitrogen and oxygen atoms in total. The van der Waals surface area contributed by atoms with E-state index in [9.17, 15) is 4.79 Å². The Morgan fingerprint density at radius 2 is 2.56 bits per heavy atom. The highest BCUT2D eigenvalue weighted by Crippen LogP contribution is 2.22. The normalized spacial score (nSPS) is 32.1. The first-order valence-electron chi connectivity index (χ1n) is 2.71. The van der Waals surface area contributed by atoms with Crippen LogP contribution in [0.4, 0.5) is 0 Å². The molecule has 1 aliphatic heterocycles. The van der Waals surface area contributed by atoms with Gasteiger partial charge < -0.3 is 9.84 Å². The third-order valence-electron chi connectivity index (χ3n) is 1.38. The predicted octanol–water partition coefficient (Wildman–Crippen LogP) is 0.764. The maximum absolute atomic E-state index is 10.4. The second kappa shape index (κ2) is 1.76. The highest BCUT2D eigenvalue weighted by molar-refractivity contribution is 5.77. The molecule has 3 heteroatoms. The summed E-state index contributed by atoms with van der Waals surface area (Å²) in [4.78, 5) is 10.4. The van der Waals surface area contributed by atoms with Crippen LogP contribution in [0.5, 0.6) is 0 Å². The molecule has 0 bridgehead atoms. The summed E-state index contributed by atoms with van der Waals surface area (Å²) >= 11 is 0. The molecule has 1 rings (SSSR count). The highest BCUT2D eigenvalue weighted by atomic mass is 16.5. The Balaban J connectivity index is 2.66. The van der Waals surface area contributed by atoms with E-state index in [0.717, 1.165) is 0 Å². The molecule has 50 valence electrons. The summed E-state index contributed by atoms with van der Waals surface area (Å²) in [6, 6.07) is 0. The molecule has 0 aromatic rings. The molecule has 0 aromatic carbocycles. The lowest BCUT2D eigenvalue weighted by Gasteiger charge is -2.16. The lowest BCUT2D eigenvalue weighted by molar-refractivity contribution is -0.155. The zero-order chi connectivity index (χ0) is 6.91. The minimum Gasteiger partial charge on any atom is -0.483 e. The van der Waals surface area contributed by atoms with Crippen molar-refractivity contribution in [1.82, 2.24) is 0 Å². The van der Waals surface area contributed by atoms with Gasteiger partial charge in [0, 0.05) is 6.42 Å². The number of carboxylic acids is 1. The second-order valence-electron chi connectivity index (χ2n) is 2.23. The molecule has 9 heavy (non-hydrogen) atoms. The van der Waals surface area contributed by atoms with E-state index in [-0.39, 0.29) is 0 Å². The first-order chi connectivity index (χ1) is 4.15. The van der Waals surface area contributed by atoms with Crippen LogP contribution in [0.1, 0.15) is 13.3 Å². The Kier molecular flexibility index (Phi) is 1.20. The van der Waals surface area contributed by atoms with Crippen LogP contribution in [0.15, 0.2) is 12.3 Å². The molecule has 0 radical (unpaired) electrons. The van der Waals surface area contributed by atoms with Gasteiger partial charge in [-0.15, -0.1) is 0 Å². The molecular formula is C6H8O3. The van der Waals surface area contributed by atoms with Crippen molar-refractivity contribution in [1.29, 1.82) is 0 Å². The first kappa shape index (κ1) is 6.13. The van der Waals surface area contributed by atoms with Crippen molar-refractivity contribution in [2.45, 2.75) is 18.9 Å². The van der Waals surface area contributed by atoms with Crippen molar-refractivity contribution >= 4 is 5.97 Å². The van der Waals surface area contributed by atoms with Gasteiger partial charge in [0.15, 0.2) is 0 Å². The van der Waals surface area contributed by atoms with E-state index < -0.39 is 11.6 Å². The summed E-state index contributed by atoms with van der Waals surface area (Å²) in [6.45, 7) is 1.55. The molecule has 1 unspecified atom stereocenters. The quantitative estimate of drug-likeness (QED) is 0.567. The molecular weight excluding hydrogens is 120 g/mol. The van der Waals surface area contributed by atoms with Crippen molar-refractivity contribution in [3.05, 3.63) is 12.3 Å². The van der Waals surface area contributed by atoms with E-state index >= 15 is 0 Å². The molecule has 0 aromatic heterocycles. The molecule has 0 saturated heterocycles. The van der Waals surface area contributed by atoms with Gasteiger partial charge >= 0.3 is 5.97 Å². The van der Waals surface area contributed by atoms with Crippen LogP contribution in [-0.2, 0) is 9.53 Å². The van der Waals surface area contributed by atoms with E-state index in [1.807, 2.05) is 0 Å². The molecule has 0 fully saturated rings. The summed E-state index contributed by atoms with van der Waals surface area (Å²) in [7, 11) is 0. The fourth-order valence-electron chi connectivity index (χ4n) is 0.657. The molecule has 1 N–H and O–H groups in total. The van der Waals surface area contributed by atoms with Crippen molar-refractivity contribution < 1.29 is 14.6 Å². The Morgan fingerprint density at radius 1 is 1.89 bits per heavy atom. The summed E-state index contributed by atoms with van der Waals surface area (Å²) in [5.74, 6) is -0.910. The number of hydrogen-bond donors (Lipinski definition) is 1. The minimum absolute atomic E-state index is 0.461. The number of rotatable bonds is 1. The van der Waals surface area contributed by atoms with Gasteiger partial charge in [-0.3, -0.25) is 0 Å². The Morgan fingerprint density at radius 3 is 2.78 bits per heavy atom. The Bertz CT molecular complexity index is 152. The molecule has 1 heterocycles. The summed E-state index contributed by atoms with van der Waals surface area (Å²) < 4.78 is 4.82. The summed E-state index contributed by atoms with van der Waals surface area (Å²) in [6.07, 6.45) is 3.59. The number of hydrogen-bond acceptors (Lipinski definition) is 2. The topological polar surface area (TPSA) is 46.5 Å². The van der Waals surface area contributed by atoms with E-state index in [0.29, 0.717) is 6.42 Å². The standard InChI is InChI=1S/C6H8O3/c1-6(5(7)8)3-2-4-9-6/h2,4H,3H2,1H3,(H,7,8). The zero-order valence-corrected chi connectivity index (χ0v) is 5.13. The van der Waals surface area contributed by atoms with Gasteiger partial charge in [0.05, 0.1) is 6.26 Å². The monoisotopic (exact) mass is 128 g/mol. The van der Waals surface area contributed by atoms with E-state index in [1.165, 1.54) is 6.26 Å². The number of carbonyl (C=O) groups is 1. The molecule has 0 spiro atoms. The minimum atomic E-state index is -1.00. The average molecular weight is 128 g/mol. The van der Waals surface area contributed by atoms with Gasteiger partial charge in [0.25, 0.3) is 0 Å². The third kappa shape index (κ3) is 0.896. The van der Waals surface area contributed by atoms with Gasteiger partial charge in [-0.2, -0.15) is 0 Å². The molecule has 0 aliphatic carbocycles. The van der Waals surface area contributed by atoms with E-state index in [2.05, 4.69) is 0 Å². The van der Waals surface area contributed by atoms with Crippen LogP contribution in [-0.4, -0.2) is 16.7 Å². The number of carboxylic acid groups (broad SMARTS) is 1. The smallest absolute Gasteiger partial charge is 0.348 e. The van der Waals surface area contributed by atoms with Gasteiger partial charge in [0.1, 0.15) is 0 Å².